The second-order valence-electron chi connectivity index (χ2n) is 3.68. The Hall–Kier alpha value is -1.000. The average Bonchev–Trinajstić information content (AvgIpc) is 2.63. The van der Waals surface area contributed by atoms with Crippen molar-refractivity contribution in [2.45, 2.75) is 6.42 Å². The van der Waals surface area contributed by atoms with Crippen LogP contribution in [0.2, 0.25) is 0 Å². The molecule has 0 amide bonds. The normalized spacial score (nSPS) is 10.9. The second-order valence-corrected chi connectivity index (χ2v) is 4.48. The lowest BCUT2D eigenvalue weighted by molar-refractivity contribution is 0.415. The van der Waals surface area contributed by atoms with Crippen LogP contribution in [0.1, 0.15) is 5.69 Å². The maximum atomic E-state index is 5.20. The summed E-state index contributed by atoms with van der Waals surface area (Å²) in [4.78, 5) is 3.41. The van der Waals surface area contributed by atoms with Crippen molar-refractivity contribution in [1.82, 2.24) is 10.3 Å². The molecular weight excluding hydrogens is 268 g/mol. The molecule has 1 aromatic carbocycles. The molecule has 0 saturated carbocycles. The van der Waals surface area contributed by atoms with E-state index in [0.717, 1.165) is 28.7 Å². The number of fused-ring (bicyclic) bond motifs is 1. The monoisotopic (exact) mass is 282 g/mol. The number of halogens is 1. The van der Waals surface area contributed by atoms with Gasteiger partial charge in [0.1, 0.15) is 5.75 Å². The Labute approximate surface area is 103 Å². The summed E-state index contributed by atoms with van der Waals surface area (Å²) >= 11 is 3.63. The van der Waals surface area contributed by atoms with E-state index >= 15 is 0 Å². The van der Waals surface area contributed by atoms with Crippen molar-refractivity contribution in [2.75, 3.05) is 20.7 Å². The van der Waals surface area contributed by atoms with Crippen molar-refractivity contribution in [1.29, 1.82) is 0 Å². The highest BCUT2D eigenvalue weighted by molar-refractivity contribution is 9.10. The zero-order chi connectivity index (χ0) is 11.5. The molecule has 1 heterocycles. The molecule has 0 radical (unpaired) electrons. The van der Waals surface area contributed by atoms with Crippen LogP contribution >= 0.6 is 15.9 Å². The van der Waals surface area contributed by atoms with Gasteiger partial charge in [0.2, 0.25) is 0 Å². The van der Waals surface area contributed by atoms with E-state index in [1.54, 1.807) is 7.11 Å². The number of benzene rings is 1. The molecular formula is C12H15BrN2O. The number of methoxy groups -OCH3 is 1. The second kappa shape index (κ2) is 4.89. The molecule has 2 N–H and O–H groups in total. The Bertz CT molecular complexity index is 493. The molecule has 0 aliphatic rings. The summed E-state index contributed by atoms with van der Waals surface area (Å²) in [7, 11) is 3.64. The molecule has 2 aromatic rings. The van der Waals surface area contributed by atoms with Crippen LogP contribution in [-0.2, 0) is 6.42 Å². The molecule has 0 saturated heterocycles. The minimum Gasteiger partial charge on any atom is -0.497 e. The van der Waals surface area contributed by atoms with E-state index in [1.807, 2.05) is 19.2 Å². The largest absolute Gasteiger partial charge is 0.497 e. The van der Waals surface area contributed by atoms with Crippen molar-refractivity contribution < 1.29 is 4.74 Å². The third kappa shape index (κ3) is 2.08. The standard InChI is InChI=1S/C12H15BrN2O/c1-14-6-5-10-12(13)9-4-3-8(16-2)7-11(9)15-10/h3-4,7,14-15H,5-6H2,1-2H3. The van der Waals surface area contributed by atoms with E-state index in [4.69, 9.17) is 4.74 Å². The Morgan fingerprint density at radius 3 is 2.94 bits per heavy atom. The summed E-state index contributed by atoms with van der Waals surface area (Å²) < 4.78 is 6.36. The maximum absolute atomic E-state index is 5.20. The van der Waals surface area contributed by atoms with Crippen LogP contribution < -0.4 is 10.1 Å². The van der Waals surface area contributed by atoms with E-state index in [0.29, 0.717) is 0 Å². The number of H-pyrrole nitrogens is 1. The molecule has 2 rings (SSSR count). The first-order valence-corrected chi connectivity index (χ1v) is 6.04. The van der Waals surface area contributed by atoms with Crippen molar-refractivity contribution in [3.63, 3.8) is 0 Å². The van der Waals surface area contributed by atoms with Crippen LogP contribution in [0.15, 0.2) is 22.7 Å². The summed E-state index contributed by atoms with van der Waals surface area (Å²) in [6.07, 6.45) is 0.980. The topological polar surface area (TPSA) is 37.0 Å². The van der Waals surface area contributed by atoms with Gasteiger partial charge in [-0.3, -0.25) is 0 Å². The van der Waals surface area contributed by atoms with E-state index < -0.39 is 0 Å². The Morgan fingerprint density at radius 2 is 2.25 bits per heavy atom. The third-order valence-electron chi connectivity index (χ3n) is 2.64. The summed E-state index contributed by atoms with van der Waals surface area (Å²) in [6, 6.07) is 6.06. The van der Waals surface area contributed by atoms with Crippen molar-refractivity contribution in [3.05, 3.63) is 28.4 Å². The van der Waals surface area contributed by atoms with Crippen molar-refractivity contribution >= 4 is 26.8 Å². The molecule has 16 heavy (non-hydrogen) atoms. The fourth-order valence-electron chi connectivity index (χ4n) is 1.75. The van der Waals surface area contributed by atoms with Crippen molar-refractivity contribution in [3.8, 4) is 5.75 Å². The lowest BCUT2D eigenvalue weighted by Crippen LogP contribution is -2.10. The molecule has 0 aliphatic heterocycles. The van der Waals surface area contributed by atoms with Crippen LogP contribution in [0, 0.1) is 0 Å². The number of hydrogen-bond donors (Lipinski definition) is 2. The fraction of sp³-hybridized carbons (Fsp3) is 0.333. The van der Waals surface area contributed by atoms with Gasteiger partial charge in [-0.1, -0.05) is 0 Å². The number of aromatic amines is 1. The van der Waals surface area contributed by atoms with Gasteiger partial charge in [-0.25, -0.2) is 0 Å². The quantitative estimate of drug-likeness (QED) is 0.905. The van der Waals surface area contributed by atoms with E-state index in [-0.39, 0.29) is 0 Å². The molecule has 3 nitrogen and oxygen atoms in total. The lowest BCUT2D eigenvalue weighted by atomic mass is 10.2. The average molecular weight is 283 g/mol. The van der Waals surface area contributed by atoms with E-state index in [2.05, 4.69) is 32.3 Å². The van der Waals surface area contributed by atoms with Crippen LogP contribution in [-0.4, -0.2) is 25.7 Å². The maximum Gasteiger partial charge on any atom is 0.120 e. The van der Waals surface area contributed by atoms with Gasteiger partial charge < -0.3 is 15.0 Å². The van der Waals surface area contributed by atoms with E-state index in [9.17, 15) is 0 Å². The number of ether oxygens (including phenoxy) is 1. The number of rotatable bonds is 4. The van der Waals surface area contributed by atoms with Gasteiger partial charge in [-0.05, 0) is 35.1 Å². The summed E-state index contributed by atoms with van der Waals surface area (Å²) in [5.74, 6) is 0.876. The van der Waals surface area contributed by atoms with Gasteiger partial charge in [0.05, 0.1) is 12.6 Å². The van der Waals surface area contributed by atoms with Gasteiger partial charge >= 0.3 is 0 Å². The Kier molecular flexibility index (Phi) is 3.51. The Balaban J connectivity index is 2.41. The molecule has 0 fully saturated rings. The first-order valence-electron chi connectivity index (χ1n) is 5.25. The SMILES string of the molecule is CNCCc1[nH]c2cc(OC)ccc2c1Br. The predicted octanol–water partition coefficient (Wildman–Crippen LogP) is 2.70. The molecule has 86 valence electrons. The molecule has 0 bridgehead atoms. The predicted molar refractivity (Wildman–Crippen MR) is 70.2 cm³/mol. The molecule has 1 aromatic heterocycles. The van der Waals surface area contributed by atoms with Gasteiger partial charge in [0.25, 0.3) is 0 Å². The lowest BCUT2D eigenvalue weighted by Gasteiger charge is -1.98. The summed E-state index contributed by atoms with van der Waals surface area (Å²) in [6.45, 7) is 0.961. The fourth-order valence-corrected chi connectivity index (χ4v) is 2.39. The van der Waals surface area contributed by atoms with Crippen LogP contribution in [0.25, 0.3) is 10.9 Å². The van der Waals surface area contributed by atoms with Crippen LogP contribution in [0.3, 0.4) is 0 Å². The third-order valence-corrected chi connectivity index (χ3v) is 3.54. The smallest absolute Gasteiger partial charge is 0.120 e. The van der Waals surface area contributed by atoms with Crippen LogP contribution in [0.4, 0.5) is 0 Å². The van der Waals surface area contributed by atoms with Crippen LogP contribution in [0.5, 0.6) is 5.75 Å². The first-order chi connectivity index (χ1) is 7.76. The minimum atomic E-state index is 0.876. The zero-order valence-corrected chi connectivity index (χ0v) is 11.0. The highest BCUT2D eigenvalue weighted by Crippen LogP contribution is 2.30. The molecule has 0 unspecified atom stereocenters. The number of nitrogens with one attached hydrogen (secondary N) is 2. The van der Waals surface area contributed by atoms with E-state index in [1.165, 1.54) is 11.1 Å². The summed E-state index contributed by atoms with van der Waals surface area (Å²) in [5, 5.41) is 4.35. The zero-order valence-electron chi connectivity index (χ0n) is 9.43. The highest BCUT2D eigenvalue weighted by atomic mass is 79.9. The Morgan fingerprint density at radius 1 is 1.44 bits per heavy atom. The van der Waals surface area contributed by atoms with Crippen molar-refractivity contribution in [2.24, 2.45) is 0 Å². The molecule has 0 spiro atoms. The molecule has 0 aliphatic carbocycles. The number of aromatic nitrogens is 1. The van der Waals surface area contributed by atoms with Gasteiger partial charge in [0.15, 0.2) is 0 Å². The molecule has 0 atom stereocenters. The van der Waals surface area contributed by atoms with Gasteiger partial charge in [-0.15, -0.1) is 0 Å². The number of hydrogen-bond acceptors (Lipinski definition) is 2. The van der Waals surface area contributed by atoms with Gasteiger partial charge in [0, 0.05) is 34.6 Å². The first kappa shape index (κ1) is 11.5. The molecule has 4 heteroatoms. The van der Waals surface area contributed by atoms with Gasteiger partial charge in [-0.2, -0.15) is 0 Å². The minimum absolute atomic E-state index is 0.876. The summed E-state index contributed by atoms with van der Waals surface area (Å²) in [5.41, 5.74) is 2.33. The highest BCUT2D eigenvalue weighted by Gasteiger charge is 2.08. The number of likely N-dealkylation sites (N-methyl/N-ethyl adjacent to an activating group) is 1.